The molecule has 0 atom stereocenters. The molecule has 0 spiro atoms. The van der Waals surface area contributed by atoms with E-state index in [9.17, 15) is 0 Å². The minimum Gasteiger partial charge on any atom is -0.0613 e. The second kappa shape index (κ2) is 4.16. The van der Waals surface area contributed by atoms with Gasteiger partial charge >= 0.3 is 0 Å². The van der Waals surface area contributed by atoms with Crippen molar-refractivity contribution in [2.45, 2.75) is 52.4 Å². The van der Waals surface area contributed by atoms with E-state index < -0.39 is 0 Å². The van der Waals surface area contributed by atoms with Gasteiger partial charge in [0.1, 0.15) is 0 Å². The number of benzene rings is 1. The maximum absolute atomic E-state index is 2.47. The summed E-state index contributed by atoms with van der Waals surface area (Å²) >= 11 is 0. The van der Waals surface area contributed by atoms with Gasteiger partial charge in [-0.25, -0.2) is 0 Å². The molecule has 1 aliphatic rings. The number of hydrogen-bond acceptors (Lipinski definition) is 0. The molecular formula is C14H20. The summed E-state index contributed by atoms with van der Waals surface area (Å²) in [6.45, 7) is 4.54. The van der Waals surface area contributed by atoms with Gasteiger partial charge in [0.15, 0.2) is 0 Å². The Hall–Kier alpha value is -0.780. The average Bonchev–Trinajstić information content (AvgIpc) is 2.27. The molecular weight excluding hydrogens is 168 g/mol. The lowest BCUT2D eigenvalue weighted by atomic mass is 9.87. The fraction of sp³-hybridized carbons (Fsp3) is 0.571. The van der Waals surface area contributed by atoms with E-state index >= 15 is 0 Å². The van der Waals surface area contributed by atoms with Crippen molar-refractivity contribution in [3.63, 3.8) is 0 Å². The summed E-state index contributed by atoms with van der Waals surface area (Å²) < 4.78 is 0. The maximum Gasteiger partial charge on any atom is -0.0276 e. The summed E-state index contributed by atoms with van der Waals surface area (Å²) in [5, 5.41) is 0. The van der Waals surface area contributed by atoms with Crippen LogP contribution in [-0.2, 0) is 25.7 Å². The first-order valence-electron chi connectivity index (χ1n) is 5.98. The molecule has 76 valence electrons. The SMILES string of the molecule is CCc1cc2c(cc1CC)CCCC2. The molecule has 0 unspecified atom stereocenters. The van der Waals surface area contributed by atoms with Gasteiger partial charge in [-0.05, 0) is 60.8 Å². The van der Waals surface area contributed by atoms with Crippen molar-refractivity contribution in [2.24, 2.45) is 0 Å². The van der Waals surface area contributed by atoms with Crippen LogP contribution in [0, 0.1) is 0 Å². The Morgan fingerprint density at radius 1 is 0.857 bits per heavy atom. The number of aryl methyl sites for hydroxylation is 4. The summed E-state index contributed by atoms with van der Waals surface area (Å²) in [6, 6.07) is 4.93. The van der Waals surface area contributed by atoms with Crippen LogP contribution in [0.3, 0.4) is 0 Å². The van der Waals surface area contributed by atoms with Gasteiger partial charge in [0, 0.05) is 0 Å². The van der Waals surface area contributed by atoms with Crippen LogP contribution in [0.1, 0.15) is 48.9 Å². The third kappa shape index (κ3) is 1.70. The van der Waals surface area contributed by atoms with Gasteiger partial charge in [0.2, 0.25) is 0 Å². The molecule has 0 aliphatic heterocycles. The highest BCUT2D eigenvalue weighted by Crippen LogP contribution is 2.25. The van der Waals surface area contributed by atoms with E-state index in [1.807, 2.05) is 0 Å². The van der Waals surface area contributed by atoms with E-state index in [0.717, 1.165) is 0 Å². The van der Waals surface area contributed by atoms with Gasteiger partial charge in [-0.2, -0.15) is 0 Å². The van der Waals surface area contributed by atoms with Gasteiger partial charge < -0.3 is 0 Å². The highest BCUT2D eigenvalue weighted by atomic mass is 14.2. The molecule has 0 amide bonds. The molecule has 0 fully saturated rings. The second-order valence-corrected chi connectivity index (χ2v) is 4.30. The van der Waals surface area contributed by atoms with E-state index in [-0.39, 0.29) is 0 Å². The molecule has 0 saturated heterocycles. The first-order chi connectivity index (χ1) is 6.85. The zero-order chi connectivity index (χ0) is 9.97. The van der Waals surface area contributed by atoms with Crippen LogP contribution >= 0.6 is 0 Å². The van der Waals surface area contributed by atoms with Crippen molar-refractivity contribution in [2.75, 3.05) is 0 Å². The third-order valence-electron chi connectivity index (χ3n) is 3.43. The van der Waals surface area contributed by atoms with Gasteiger partial charge in [-0.1, -0.05) is 26.0 Å². The van der Waals surface area contributed by atoms with Crippen LogP contribution in [0.5, 0.6) is 0 Å². The molecule has 0 heterocycles. The lowest BCUT2D eigenvalue weighted by Gasteiger charge is -2.19. The first-order valence-corrected chi connectivity index (χ1v) is 5.98. The molecule has 0 saturated carbocycles. The molecule has 14 heavy (non-hydrogen) atoms. The lowest BCUT2D eigenvalue weighted by Crippen LogP contribution is -2.05. The average molecular weight is 188 g/mol. The number of fused-ring (bicyclic) bond motifs is 1. The van der Waals surface area contributed by atoms with Crippen LogP contribution in [0.25, 0.3) is 0 Å². The highest BCUT2D eigenvalue weighted by Gasteiger charge is 2.11. The van der Waals surface area contributed by atoms with Crippen molar-refractivity contribution < 1.29 is 0 Å². The van der Waals surface area contributed by atoms with Crippen molar-refractivity contribution in [1.29, 1.82) is 0 Å². The number of rotatable bonds is 2. The molecule has 0 radical (unpaired) electrons. The van der Waals surface area contributed by atoms with Crippen LogP contribution in [0.15, 0.2) is 12.1 Å². The molecule has 0 heteroatoms. The summed E-state index contributed by atoms with van der Waals surface area (Å²) in [5.74, 6) is 0. The van der Waals surface area contributed by atoms with Gasteiger partial charge in [-0.15, -0.1) is 0 Å². The minimum absolute atomic E-state index is 1.19. The quantitative estimate of drug-likeness (QED) is 0.664. The molecule has 1 aromatic rings. The van der Waals surface area contributed by atoms with Crippen molar-refractivity contribution in [1.82, 2.24) is 0 Å². The number of hydrogen-bond donors (Lipinski definition) is 0. The van der Waals surface area contributed by atoms with Crippen LogP contribution < -0.4 is 0 Å². The fourth-order valence-electron chi connectivity index (χ4n) is 2.55. The Morgan fingerprint density at radius 2 is 1.29 bits per heavy atom. The highest BCUT2D eigenvalue weighted by molar-refractivity contribution is 5.39. The van der Waals surface area contributed by atoms with Crippen molar-refractivity contribution in [3.05, 3.63) is 34.4 Å². The molecule has 1 aromatic carbocycles. The predicted molar refractivity (Wildman–Crippen MR) is 61.8 cm³/mol. The Bertz CT molecular complexity index is 279. The zero-order valence-electron chi connectivity index (χ0n) is 9.40. The van der Waals surface area contributed by atoms with Gasteiger partial charge in [0.25, 0.3) is 0 Å². The zero-order valence-corrected chi connectivity index (χ0v) is 9.40. The third-order valence-corrected chi connectivity index (χ3v) is 3.43. The standard InChI is InChI=1S/C14H20/c1-3-11-9-13-7-5-6-8-14(13)10-12(11)4-2/h9-10H,3-8H2,1-2H3. The van der Waals surface area contributed by atoms with Gasteiger partial charge in [0.05, 0.1) is 0 Å². The monoisotopic (exact) mass is 188 g/mol. The smallest absolute Gasteiger partial charge is 0.0276 e. The second-order valence-electron chi connectivity index (χ2n) is 4.30. The minimum atomic E-state index is 1.19. The molecule has 0 bridgehead atoms. The summed E-state index contributed by atoms with van der Waals surface area (Å²) in [7, 11) is 0. The topological polar surface area (TPSA) is 0 Å². The van der Waals surface area contributed by atoms with Crippen molar-refractivity contribution in [3.8, 4) is 0 Å². The molecule has 2 rings (SSSR count). The van der Waals surface area contributed by atoms with Gasteiger partial charge in [-0.3, -0.25) is 0 Å². The van der Waals surface area contributed by atoms with Crippen molar-refractivity contribution >= 4 is 0 Å². The van der Waals surface area contributed by atoms with E-state index in [2.05, 4.69) is 26.0 Å². The predicted octanol–water partition coefficient (Wildman–Crippen LogP) is 3.69. The summed E-state index contributed by atoms with van der Waals surface area (Å²) in [6.07, 6.45) is 7.79. The normalized spacial score (nSPS) is 15.3. The Labute approximate surface area is 87.3 Å². The first kappa shape index (κ1) is 9.76. The summed E-state index contributed by atoms with van der Waals surface area (Å²) in [4.78, 5) is 0. The van der Waals surface area contributed by atoms with E-state index in [0.29, 0.717) is 0 Å². The molecule has 0 nitrogen and oxygen atoms in total. The lowest BCUT2D eigenvalue weighted by molar-refractivity contribution is 0.682. The molecule has 0 N–H and O–H groups in total. The maximum atomic E-state index is 2.47. The van der Waals surface area contributed by atoms with E-state index in [4.69, 9.17) is 0 Å². The fourth-order valence-corrected chi connectivity index (χ4v) is 2.55. The largest absolute Gasteiger partial charge is 0.0613 e. The molecule has 1 aliphatic carbocycles. The Kier molecular flexibility index (Phi) is 2.90. The van der Waals surface area contributed by atoms with E-state index in [1.54, 1.807) is 22.3 Å². The van der Waals surface area contributed by atoms with E-state index in [1.165, 1.54) is 38.5 Å². The van der Waals surface area contributed by atoms with Crippen LogP contribution in [0.4, 0.5) is 0 Å². The molecule has 0 aromatic heterocycles. The Balaban J connectivity index is 2.43. The van der Waals surface area contributed by atoms with Crippen LogP contribution in [-0.4, -0.2) is 0 Å². The Morgan fingerprint density at radius 3 is 1.64 bits per heavy atom. The van der Waals surface area contributed by atoms with Crippen LogP contribution in [0.2, 0.25) is 0 Å². The summed E-state index contributed by atoms with van der Waals surface area (Å²) in [5.41, 5.74) is 6.41.